The normalized spacial score (nSPS) is 20.7. The maximum absolute atomic E-state index is 6.23. The van der Waals surface area contributed by atoms with E-state index in [0.29, 0.717) is 0 Å². The predicted molar refractivity (Wildman–Crippen MR) is 63.1 cm³/mol. The lowest BCUT2D eigenvalue weighted by Crippen LogP contribution is -2.18. The molecule has 1 aliphatic carbocycles. The van der Waals surface area contributed by atoms with Crippen LogP contribution in [0.25, 0.3) is 0 Å². The first-order valence-corrected chi connectivity index (χ1v) is 6.20. The molecule has 0 spiro atoms. The van der Waals surface area contributed by atoms with Gasteiger partial charge in [0, 0.05) is 24.2 Å². The van der Waals surface area contributed by atoms with Crippen molar-refractivity contribution in [3.8, 4) is 0 Å². The Hall–Kier alpha value is -0.530. The summed E-state index contributed by atoms with van der Waals surface area (Å²) in [6, 6.07) is 5.35. The number of hydrogen-bond donors (Lipinski definition) is 0. The van der Waals surface area contributed by atoms with Gasteiger partial charge in [-0.2, -0.15) is 0 Å². The van der Waals surface area contributed by atoms with Crippen LogP contribution in [0.3, 0.4) is 0 Å². The molecule has 0 amide bonds. The predicted octanol–water partition coefficient (Wildman–Crippen LogP) is 3.38. The van der Waals surface area contributed by atoms with Crippen molar-refractivity contribution in [2.45, 2.75) is 45.3 Å². The molecule has 80 valence electrons. The lowest BCUT2D eigenvalue weighted by atomic mass is 10.1. The summed E-state index contributed by atoms with van der Waals surface area (Å²) >= 11 is 6.23. The minimum Gasteiger partial charge on any atom is -0.292 e. The number of hydrogen-bond acceptors (Lipinski definition) is 1. The molecule has 0 radical (unpaired) electrons. The molecule has 0 bridgehead atoms. The summed E-state index contributed by atoms with van der Waals surface area (Å²) < 4.78 is 0. The van der Waals surface area contributed by atoms with Crippen LogP contribution in [-0.4, -0.2) is 10.9 Å². The summed E-state index contributed by atoms with van der Waals surface area (Å²) in [6.07, 6.45) is 3.82. The fourth-order valence-electron chi connectivity index (χ4n) is 2.47. The van der Waals surface area contributed by atoms with Crippen molar-refractivity contribution in [2.24, 2.45) is 0 Å². The second kappa shape index (κ2) is 3.50. The molecule has 1 nitrogen and oxygen atoms in total. The zero-order valence-corrected chi connectivity index (χ0v) is 9.85. The lowest BCUT2D eigenvalue weighted by Gasteiger charge is -2.11. The summed E-state index contributed by atoms with van der Waals surface area (Å²) in [5, 5.41) is 0.953. The van der Waals surface area contributed by atoms with Gasteiger partial charge in [0.15, 0.2) is 0 Å². The maximum Gasteiger partial charge on any atom is 0.0441 e. The second-order valence-corrected chi connectivity index (χ2v) is 5.11. The average molecular weight is 222 g/mol. The van der Waals surface area contributed by atoms with Gasteiger partial charge in [0.25, 0.3) is 0 Å². The summed E-state index contributed by atoms with van der Waals surface area (Å²) in [5.74, 6) is 0. The Morgan fingerprint density at radius 2 is 1.93 bits per heavy atom. The van der Waals surface area contributed by atoms with Gasteiger partial charge in [-0.25, -0.2) is 0 Å². The van der Waals surface area contributed by atoms with Crippen molar-refractivity contribution in [2.75, 3.05) is 0 Å². The van der Waals surface area contributed by atoms with Gasteiger partial charge in [-0.15, -0.1) is 0 Å². The van der Waals surface area contributed by atoms with Crippen molar-refractivity contribution >= 4 is 11.6 Å². The van der Waals surface area contributed by atoms with Crippen LogP contribution >= 0.6 is 11.6 Å². The molecule has 2 aliphatic rings. The molecule has 1 fully saturated rings. The van der Waals surface area contributed by atoms with Gasteiger partial charge in [-0.3, -0.25) is 4.90 Å². The zero-order valence-electron chi connectivity index (χ0n) is 9.09. The van der Waals surface area contributed by atoms with Gasteiger partial charge in [-0.1, -0.05) is 24.6 Å². The van der Waals surface area contributed by atoms with E-state index in [9.17, 15) is 0 Å². The zero-order chi connectivity index (χ0) is 10.4. The summed E-state index contributed by atoms with van der Waals surface area (Å²) in [4.78, 5) is 2.58. The van der Waals surface area contributed by atoms with E-state index in [1.54, 1.807) is 0 Å². The number of benzene rings is 1. The van der Waals surface area contributed by atoms with Crippen LogP contribution in [0.15, 0.2) is 12.1 Å². The standard InChI is InChI=1S/C13H16ClN/c1-2-9-5-10-7-15(12-3-4-12)8-11(10)6-13(9)14/h5-6,12H,2-4,7-8H2,1H3. The van der Waals surface area contributed by atoms with Crippen molar-refractivity contribution in [3.05, 3.63) is 33.8 Å². The van der Waals surface area contributed by atoms with Gasteiger partial charge in [0.05, 0.1) is 0 Å². The van der Waals surface area contributed by atoms with Crippen LogP contribution in [0.5, 0.6) is 0 Å². The molecular weight excluding hydrogens is 206 g/mol. The number of fused-ring (bicyclic) bond motifs is 1. The van der Waals surface area contributed by atoms with Crippen molar-refractivity contribution in [1.29, 1.82) is 0 Å². The van der Waals surface area contributed by atoms with E-state index in [2.05, 4.69) is 24.0 Å². The van der Waals surface area contributed by atoms with E-state index in [1.165, 1.54) is 29.5 Å². The van der Waals surface area contributed by atoms with Crippen LogP contribution in [0, 0.1) is 0 Å². The molecule has 2 heteroatoms. The quantitative estimate of drug-likeness (QED) is 0.740. The first-order valence-electron chi connectivity index (χ1n) is 5.82. The van der Waals surface area contributed by atoms with Gasteiger partial charge in [0.1, 0.15) is 0 Å². The number of nitrogens with zero attached hydrogens (tertiary/aromatic N) is 1. The molecule has 0 aromatic heterocycles. The molecule has 0 unspecified atom stereocenters. The highest BCUT2D eigenvalue weighted by Gasteiger charge is 2.33. The third-order valence-electron chi connectivity index (χ3n) is 3.56. The van der Waals surface area contributed by atoms with Gasteiger partial charge in [-0.05, 0) is 42.0 Å². The molecule has 15 heavy (non-hydrogen) atoms. The molecule has 0 atom stereocenters. The van der Waals surface area contributed by atoms with Crippen molar-refractivity contribution in [3.63, 3.8) is 0 Å². The largest absolute Gasteiger partial charge is 0.292 e. The van der Waals surface area contributed by atoms with Crippen molar-refractivity contribution < 1.29 is 0 Å². The number of halogens is 1. The molecule has 1 heterocycles. The Labute approximate surface area is 96.0 Å². The van der Waals surface area contributed by atoms with Gasteiger partial charge >= 0.3 is 0 Å². The van der Waals surface area contributed by atoms with Crippen molar-refractivity contribution in [1.82, 2.24) is 4.90 Å². The Bertz CT molecular complexity index is 396. The first kappa shape index (κ1) is 9.68. The molecule has 1 aromatic carbocycles. The van der Waals surface area contributed by atoms with Gasteiger partial charge < -0.3 is 0 Å². The monoisotopic (exact) mass is 221 g/mol. The summed E-state index contributed by atoms with van der Waals surface area (Å²) in [5.41, 5.74) is 4.25. The minimum absolute atomic E-state index is 0.862. The lowest BCUT2D eigenvalue weighted by molar-refractivity contribution is 0.273. The minimum atomic E-state index is 0.862. The average Bonchev–Trinajstić information content (AvgIpc) is 2.99. The molecular formula is C13H16ClN. The summed E-state index contributed by atoms with van der Waals surface area (Å²) in [7, 11) is 0. The smallest absolute Gasteiger partial charge is 0.0441 e. The van der Waals surface area contributed by atoms with Crippen LogP contribution in [0.2, 0.25) is 5.02 Å². The second-order valence-electron chi connectivity index (χ2n) is 4.70. The topological polar surface area (TPSA) is 3.24 Å². The highest BCUT2D eigenvalue weighted by molar-refractivity contribution is 6.31. The fraction of sp³-hybridized carbons (Fsp3) is 0.538. The van der Waals surface area contributed by atoms with E-state index >= 15 is 0 Å². The molecule has 0 N–H and O–H groups in total. The highest BCUT2D eigenvalue weighted by Crippen LogP contribution is 2.36. The molecule has 1 aromatic rings. The molecule has 0 saturated heterocycles. The Morgan fingerprint density at radius 3 is 2.53 bits per heavy atom. The van der Waals surface area contributed by atoms with Crippen LogP contribution in [0.4, 0.5) is 0 Å². The Morgan fingerprint density at radius 1 is 1.27 bits per heavy atom. The number of rotatable bonds is 2. The Balaban J connectivity index is 1.91. The summed E-state index contributed by atoms with van der Waals surface area (Å²) in [6.45, 7) is 4.43. The van der Waals surface area contributed by atoms with E-state index in [0.717, 1.165) is 30.6 Å². The fourth-order valence-corrected chi connectivity index (χ4v) is 2.79. The third kappa shape index (κ3) is 1.68. The van der Waals surface area contributed by atoms with E-state index in [4.69, 9.17) is 11.6 Å². The van der Waals surface area contributed by atoms with Crippen LogP contribution < -0.4 is 0 Å². The van der Waals surface area contributed by atoms with E-state index in [1.807, 2.05) is 0 Å². The van der Waals surface area contributed by atoms with Crippen LogP contribution in [-0.2, 0) is 19.5 Å². The molecule has 3 rings (SSSR count). The Kier molecular flexibility index (Phi) is 2.26. The van der Waals surface area contributed by atoms with E-state index < -0.39 is 0 Å². The number of aryl methyl sites for hydroxylation is 1. The third-order valence-corrected chi connectivity index (χ3v) is 3.91. The maximum atomic E-state index is 6.23. The SMILES string of the molecule is CCc1cc2c(cc1Cl)CN(C1CC1)C2. The first-order chi connectivity index (χ1) is 7.28. The van der Waals surface area contributed by atoms with Gasteiger partial charge in [0.2, 0.25) is 0 Å². The molecule has 1 saturated carbocycles. The molecule has 1 aliphatic heterocycles. The highest BCUT2D eigenvalue weighted by atomic mass is 35.5. The van der Waals surface area contributed by atoms with E-state index in [-0.39, 0.29) is 0 Å². The van der Waals surface area contributed by atoms with Crippen LogP contribution in [0.1, 0.15) is 36.5 Å².